The first-order valence-corrected chi connectivity index (χ1v) is 9.87. The first-order chi connectivity index (χ1) is 15.2. The number of aromatic nitrogens is 2. The van der Waals surface area contributed by atoms with E-state index in [1.807, 2.05) is 54.6 Å². The summed E-state index contributed by atoms with van der Waals surface area (Å²) in [6.07, 6.45) is -0.0989. The van der Waals surface area contributed by atoms with E-state index in [0.29, 0.717) is 36.1 Å². The van der Waals surface area contributed by atoms with E-state index < -0.39 is 5.82 Å². The quantitative estimate of drug-likeness (QED) is 0.482. The summed E-state index contributed by atoms with van der Waals surface area (Å²) < 4.78 is 24.6. The number of likely N-dealkylation sites (tertiary alicyclic amines) is 1. The van der Waals surface area contributed by atoms with Gasteiger partial charge in [-0.05, 0) is 54.6 Å². The number of carbonyl (C=O) groups is 1. The predicted molar refractivity (Wildman–Crippen MR) is 112 cm³/mol. The lowest BCUT2D eigenvalue weighted by Gasteiger charge is -2.39. The van der Waals surface area contributed by atoms with Gasteiger partial charge in [-0.15, -0.1) is 0 Å². The maximum atomic E-state index is 13.3. The van der Waals surface area contributed by atoms with Crippen molar-refractivity contribution in [2.24, 2.45) is 0 Å². The molecule has 0 N–H and O–H groups in total. The molecule has 154 valence electrons. The molecule has 4 aromatic rings. The van der Waals surface area contributed by atoms with Gasteiger partial charge in [0, 0.05) is 16.7 Å². The van der Waals surface area contributed by atoms with Crippen molar-refractivity contribution in [3.05, 3.63) is 90.2 Å². The van der Waals surface area contributed by atoms with Gasteiger partial charge in [-0.3, -0.25) is 4.79 Å². The summed E-state index contributed by atoms with van der Waals surface area (Å²) in [6, 6.07) is 22.7. The van der Waals surface area contributed by atoms with E-state index in [-0.39, 0.29) is 12.0 Å². The maximum Gasteiger partial charge on any atom is 0.258 e. The monoisotopic (exact) mass is 415 g/mol. The Morgan fingerprint density at radius 3 is 2.48 bits per heavy atom. The van der Waals surface area contributed by atoms with E-state index in [4.69, 9.17) is 9.26 Å². The number of benzene rings is 3. The molecule has 2 heterocycles. The van der Waals surface area contributed by atoms with Crippen LogP contribution in [0.25, 0.3) is 22.8 Å². The lowest BCUT2D eigenvalue weighted by atomic mass is 10.1. The molecule has 1 aromatic heterocycles. The third-order valence-corrected chi connectivity index (χ3v) is 5.07. The largest absolute Gasteiger partial charge is 0.487 e. The molecule has 3 aromatic carbocycles. The second-order valence-electron chi connectivity index (χ2n) is 7.27. The van der Waals surface area contributed by atoms with Crippen LogP contribution in [0.15, 0.2) is 83.4 Å². The molecule has 6 nitrogen and oxygen atoms in total. The van der Waals surface area contributed by atoms with Crippen LogP contribution >= 0.6 is 0 Å². The summed E-state index contributed by atoms with van der Waals surface area (Å²) in [5.41, 5.74) is 2.02. The minimum absolute atomic E-state index is 0.0989. The Balaban J connectivity index is 1.18. The number of rotatable bonds is 5. The third kappa shape index (κ3) is 4.02. The highest BCUT2D eigenvalue weighted by atomic mass is 19.1. The third-order valence-electron chi connectivity index (χ3n) is 5.07. The van der Waals surface area contributed by atoms with Gasteiger partial charge in [-0.25, -0.2) is 4.39 Å². The van der Waals surface area contributed by atoms with E-state index in [1.54, 1.807) is 11.0 Å². The summed E-state index contributed by atoms with van der Waals surface area (Å²) in [5, 5.41) is 4.05. The summed E-state index contributed by atoms with van der Waals surface area (Å²) in [7, 11) is 0. The Labute approximate surface area is 177 Å². The molecule has 0 spiro atoms. The second kappa shape index (κ2) is 8.02. The van der Waals surface area contributed by atoms with Crippen molar-refractivity contribution in [3.8, 4) is 28.6 Å². The molecule has 1 amide bonds. The Hall–Kier alpha value is -4.00. The second-order valence-corrected chi connectivity index (χ2v) is 7.27. The molecule has 0 bridgehead atoms. The Kier molecular flexibility index (Phi) is 4.92. The average Bonchev–Trinajstić information content (AvgIpc) is 3.27. The smallest absolute Gasteiger partial charge is 0.258 e. The van der Waals surface area contributed by atoms with Gasteiger partial charge in [-0.2, -0.15) is 4.98 Å². The molecule has 7 heteroatoms. The van der Waals surface area contributed by atoms with Gasteiger partial charge < -0.3 is 14.2 Å². The predicted octanol–water partition coefficient (Wildman–Crippen LogP) is 4.45. The number of ether oxygens (including phenoxy) is 1. The van der Waals surface area contributed by atoms with Crippen LogP contribution in [0.5, 0.6) is 5.75 Å². The lowest BCUT2D eigenvalue weighted by molar-refractivity contribution is 0.0177. The number of hydrogen-bond acceptors (Lipinski definition) is 5. The molecule has 0 atom stereocenters. The van der Waals surface area contributed by atoms with Crippen LogP contribution in [-0.4, -0.2) is 40.1 Å². The minimum Gasteiger partial charge on any atom is -0.487 e. The van der Waals surface area contributed by atoms with Gasteiger partial charge in [0.25, 0.3) is 11.8 Å². The summed E-state index contributed by atoms with van der Waals surface area (Å²) in [6.45, 7) is 0.921. The lowest BCUT2D eigenvalue weighted by Crippen LogP contribution is -2.56. The van der Waals surface area contributed by atoms with Crippen molar-refractivity contribution in [2.75, 3.05) is 13.1 Å². The SMILES string of the molecule is O=C(c1cccc(F)c1)N1CC(Oc2ccc(-c3noc(-c4ccccc4)n3)cc2)C1. The van der Waals surface area contributed by atoms with Crippen LogP contribution in [0, 0.1) is 5.82 Å². The molecular formula is C24H18FN3O3. The van der Waals surface area contributed by atoms with Crippen LogP contribution in [0.2, 0.25) is 0 Å². The zero-order chi connectivity index (χ0) is 21.2. The molecule has 31 heavy (non-hydrogen) atoms. The first kappa shape index (κ1) is 19.0. The van der Waals surface area contributed by atoms with Gasteiger partial charge in [-0.1, -0.05) is 29.4 Å². The van der Waals surface area contributed by atoms with Crippen LogP contribution in [-0.2, 0) is 0 Å². The fourth-order valence-electron chi connectivity index (χ4n) is 3.40. The normalized spacial score (nSPS) is 13.6. The van der Waals surface area contributed by atoms with Gasteiger partial charge >= 0.3 is 0 Å². The summed E-state index contributed by atoms with van der Waals surface area (Å²) in [4.78, 5) is 18.4. The summed E-state index contributed by atoms with van der Waals surface area (Å²) >= 11 is 0. The molecule has 0 saturated carbocycles. The van der Waals surface area contributed by atoms with Gasteiger partial charge in [0.05, 0.1) is 13.1 Å². The Bertz CT molecular complexity index is 1200. The van der Waals surface area contributed by atoms with Crippen LogP contribution in [0.4, 0.5) is 4.39 Å². The molecule has 1 fully saturated rings. The van der Waals surface area contributed by atoms with Crippen LogP contribution in [0.1, 0.15) is 10.4 Å². The van der Waals surface area contributed by atoms with E-state index in [0.717, 1.165) is 11.1 Å². The minimum atomic E-state index is -0.420. The van der Waals surface area contributed by atoms with Crippen LogP contribution in [0.3, 0.4) is 0 Å². The molecule has 0 radical (unpaired) electrons. The number of nitrogens with zero attached hydrogens (tertiary/aromatic N) is 3. The average molecular weight is 415 g/mol. The molecule has 5 rings (SSSR count). The molecule has 1 saturated heterocycles. The highest BCUT2D eigenvalue weighted by Gasteiger charge is 2.33. The number of amides is 1. The van der Waals surface area contributed by atoms with Crippen LogP contribution < -0.4 is 4.74 Å². The molecule has 0 unspecified atom stereocenters. The van der Waals surface area contributed by atoms with E-state index in [1.165, 1.54) is 18.2 Å². The van der Waals surface area contributed by atoms with E-state index >= 15 is 0 Å². The zero-order valence-corrected chi connectivity index (χ0v) is 16.4. The van der Waals surface area contributed by atoms with Crippen molar-refractivity contribution in [2.45, 2.75) is 6.10 Å². The number of hydrogen-bond donors (Lipinski definition) is 0. The van der Waals surface area contributed by atoms with Crippen molar-refractivity contribution < 1.29 is 18.4 Å². The van der Waals surface area contributed by atoms with Gasteiger partial charge in [0.2, 0.25) is 5.82 Å². The van der Waals surface area contributed by atoms with Crippen molar-refractivity contribution >= 4 is 5.91 Å². The van der Waals surface area contributed by atoms with Crippen molar-refractivity contribution in [1.82, 2.24) is 15.0 Å². The number of carbonyl (C=O) groups excluding carboxylic acids is 1. The Morgan fingerprint density at radius 1 is 0.968 bits per heavy atom. The highest BCUT2D eigenvalue weighted by Crippen LogP contribution is 2.25. The Morgan fingerprint density at radius 2 is 1.74 bits per heavy atom. The molecule has 1 aliphatic heterocycles. The standard InChI is InChI=1S/C24H18FN3O3/c25-19-8-4-7-18(13-19)24(29)28-14-21(15-28)30-20-11-9-16(10-12-20)22-26-23(31-27-22)17-5-2-1-3-6-17/h1-13,21H,14-15H2. The highest BCUT2D eigenvalue weighted by molar-refractivity contribution is 5.94. The maximum absolute atomic E-state index is 13.3. The van der Waals surface area contributed by atoms with Gasteiger partial charge in [0.1, 0.15) is 17.7 Å². The fourth-order valence-corrected chi connectivity index (χ4v) is 3.40. The van der Waals surface area contributed by atoms with Crippen molar-refractivity contribution in [3.63, 3.8) is 0 Å². The van der Waals surface area contributed by atoms with E-state index in [2.05, 4.69) is 10.1 Å². The topological polar surface area (TPSA) is 68.5 Å². The zero-order valence-electron chi connectivity index (χ0n) is 16.4. The number of halogens is 1. The molecule has 0 aliphatic carbocycles. The fraction of sp³-hybridized carbons (Fsp3) is 0.125. The first-order valence-electron chi connectivity index (χ1n) is 9.87. The van der Waals surface area contributed by atoms with E-state index in [9.17, 15) is 9.18 Å². The van der Waals surface area contributed by atoms with Crippen molar-refractivity contribution in [1.29, 1.82) is 0 Å². The summed E-state index contributed by atoms with van der Waals surface area (Å²) in [5.74, 6) is 1.05. The molecule has 1 aliphatic rings. The van der Waals surface area contributed by atoms with Gasteiger partial charge in [0.15, 0.2) is 0 Å². The molecular weight excluding hydrogens is 397 g/mol.